The number of esters is 1. The Bertz CT molecular complexity index is 910. The summed E-state index contributed by atoms with van der Waals surface area (Å²) in [6.07, 6.45) is 0. The Morgan fingerprint density at radius 3 is 2.08 bits per heavy atom. The lowest BCUT2D eigenvalue weighted by atomic mass is 10.1. The molecule has 1 N–H and O–H groups in total. The number of carbonyl (C=O) groups is 1. The van der Waals surface area contributed by atoms with Gasteiger partial charge in [-0.2, -0.15) is 0 Å². The number of phenols is 1. The van der Waals surface area contributed by atoms with Crippen LogP contribution in [0, 0.1) is 30.3 Å². The first-order chi connectivity index (χ1) is 11.7. The number of aromatic hydroxyl groups is 1. The van der Waals surface area contributed by atoms with Crippen LogP contribution in [0.5, 0.6) is 11.5 Å². The van der Waals surface area contributed by atoms with Crippen molar-refractivity contribution in [3.05, 3.63) is 72.3 Å². The third kappa shape index (κ3) is 3.47. The molecule has 12 heteroatoms. The molecule has 0 heterocycles. The van der Waals surface area contributed by atoms with Gasteiger partial charge in [0, 0.05) is 12.1 Å². The van der Waals surface area contributed by atoms with Gasteiger partial charge in [0.2, 0.25) is 11.5 Å². The molecule has 2 rings (SSSR count). The normalized spacial score (nSPS) is 10.1. The molecular weight excluding hydrogens is 342 g/mol. The van der Waals surface area contributed by atoms with Crippen LogP contribution in [-0.2, 0) is 0 Å². The molecule has 0 atom stereocenters. The first-order valence-electron chi connectivity index (χ1n) is 6.33. The summed E-state index contributed by atoms with van der Waals surface area (Å²) < 4.78 is 4.76. The number of benzene rings is 2. The van der Waals surface area contributed by atoms with Crippen LogP contribution in [0.15, 0.2) is 36.4 Å². The van der Waals surface area contributed by atoms with Crippen LogP contribution in [0.1, 0.15) is 10.4 Å². The predicted molar refractivity (Wildman–Crippen MR) is 79.5 cm³/mol. The Balaban J connectivity index is 2.51. The third-order valence-electron chi connectivity index (χ3n) is 2.97. The maximum absolute atomic E-state index is 12.1. The molecule has 0 aromatic heterocycles. The SMILES string of the molecule is O=C(Oc1ccccc1[N+](=O)[O-])c1cc([N+](=O)[O-])cc([N+](=O)[O-])c1O. The monoisotopic (exact) mass is 349 g/mol. The molecule has 25 heavy (non-hydrogen) atoms. The average molecular weight is 349 g/mol. The summed E-state index contributed by atoms with van der Waals surface area (Å²) in [4.78, 5) is 41.7. The third-order valence-corrected chi connectivity index (χ3v) is 2.97. The van der Waals surface area contributed by atoms with Gasteiger partial charge in [-0.15, -0.1) is 0 Å². The number of para-hydroxylation sites is 2. The lowest BCUT2D eigenvalue weighted by molar-refractivity contribution is -0.394. The standard InChI is InChI=1S/C13H7N3O9/c17-12-8(5-7(14(19)20)6-10(12)16(23)24)13(18)25-11-4-2-1-3-9(11)15(21)22/h1-6,17H. The van der Waals surface area contributed by atoms with Crippen molar-refractivity contribution in [1.82, 2.24) is 0 Å². The van der Waals surface area contributed by atoms with Crippen LogP contribution in [0.2, 0.25) is 0 Å². The zero-order chi connectivity index (χ0) is 18.7. The lowest BCUT2D eigenvalue weighted by Crippen LogP contribution is -2.11. The number of hydrogen-bond acceptors (Lipinski definition) is 9. The van der Waals surface area contributed by atoms with Crippen molar-refractivity contribution >= 4 is 23.0 Å². The largest absolute Gasteiger partial charge is 0.501 e. The van der Waals surface area contributed by atoms with E-state index in [-0.39, 0.29) is 0 Å². The van der Waals surface area contributed by atoms with Crippen molar-refractivity contribution < 1.29 is 29.4 Å². The highest BCUT2D eigenvalue weighted by molar-refractivity contribution is 5.96. The van der Waals surface area contributed by atoms with Crippen molar-refractivity contribution in [2.45, 2.75) is 0 Å². The summed E-state index contributed by atoms with van der Waals surface area (Å²) >= 11 is 0. The van der Waals surface area contributed by atoms with Crippen LogP contribution >= 0.6 is 0 Å². The topological polar surface area (TPSA) is 176 Å². The average Bonchev–Trinajstić information content (AvgIpc) is 2.54. The van der Waals surface area contributed by atoms with E-state index < -0.39 is 54.9 Å². The number of nitrogens with zero attached hydrogens (tertiary/aromatic N) is 3. The summed E-state index contributed by atoms with van der Waals surface area (Å²) in [6, 6.07) is 5.80. The molecule has 0 fully saturated rings. The van der Waals surface area contributed by atoms with Gasteiger partial charge in [0.1, 0.15) is 5.56 Å². The molecule has 2 aromatic carbocycles. The summed E-state index contributed by atoms with van der Waals surface area (Å²) in [5.74, 6) is -3.08. The molecule has 0 unspecified atom stereocenters. The van der Waals surface area contributed by atoms with Crippen molar-refractivity contribution in [3.63, 3.8) is 0 Å². The zero-order valence-electron chi connectivity index (χ0n) is 12.0. The minimum atomic E-state index is -1.43. The second-order valence-corrected chi connectivity index (χ2v) is 4.49. The van der Waals surface area contributed by atoms with E-state index in [0.29, 0.717) is 12.1 Å². The van der Waals surface area contributed by atoms with Gasteiger partial charge >= 0.3 is 17.3 Å². The first-order valence-corrected chi connectivity index (χ1v) is 6.33. The quantitative estimate of drug-likeness (QED) is 0.367. The molecule has 0 spiro atoms. The van der Waals surface area contributed by atoms with Crippen molar-refractivity contribution in [1.29, 1.82) is 0 Å². The van der Waals surface area contributed by atoms with Crippen LogP contribution in [0.3, 0.4) is 0 Å². The van der Waals surface area contributed by atoms with E-state index >= 15 is 0 Å². The fourth-order valence-electron chi connectivity index (χ4n) is 1.85. The van der Waals surface area contributed by atoms with Gasteiger partial charge < -0.3 is 9.84 Å². The maximum Gasteiger partial charge on any atom is 0.348 e. The Labute approximate surface area is 137 Å². The van der Waals surface area contributed by atoms with Gasteiger partial charge in [0.15, 0.2) is 0 Å². The van der Waals surface area contributed by atoms with E-state index in [1.807, 2.05) is 0 Å². The molecular formula is C13H7N3O9. The second kappa shape index (κ2) is 6.57. The molecule has 128 valence electrons. The number of nitro benzene ring substituents is 3. The molecule has 0 aliphatic carbocycles. The predicted octanol–water partition coefficient (Wildman–Crippen LogP) is 2.34. The minimum absolute atomic E-state index is 0.469. The van der Waals surface area contributed by atoms with Gasteiger partial charge in [-0.1, -0.05) is 12.1 Å². The second-order valence-electron chi connectivity index (χ2n) is 4.49. The number of carbonyl (C=O) groups excluding carboxylic acids is 1. The summed E-state index contributed by atoms with van der Waals surface area (Å²) in [5.41, 5.74) is -3.36. The summed E-state index contributed by atoms with van der Waals surface area (Å²) in [7, 11) is 0. The fourth-order valence-corrected chi connectivity index (χ4v) is 1.85. The highest BCUT2D eigenvalue weighted by Gasteiger charge is 2.29. The number of phenolic OH excluding ortho intramolecular Hbond substituents is 1. The summed E-state index contributed by atoms with van der Waals surface area (Å²) in [6.45, 7) is 0. The Hall–Kier alpha value is -4.09. The number of hydrogen-bond donors (Lipinski definition) is 1. The van der Waals surface area contributed by atoms with E-state index in [1.165, 1.54) is 12.1 Å². The van der Waals surface area contributed by atoms with Gasteiger partial charge in [-0.25, -0.2) is 4.79 Å². The number of nitro groups is 3. The molecule has 0 radical (unpaired) electrons. The molecule has 12 nitrogen and oxygen atoms in total. The van der Waals surface area contributed by atoms with E-state index in [2.05, 4.69) is 0 Å². The van der Waals surface area contributed by atoms with Crippen LogP contribution < -0.4 is 4.74 Å². The van der Waals surface area contributed by atoms with Crippen LogP contribution in [-0.4, -0.2) is 25.8 Å². The Morgan fingerprint density at radius 2 is 1.52 bits per heavy atom. The van der Waals surface area contributed by atoms with Gasteiger partial charge in [0.05, 0.1) is 20.8 Å². The van der Waals surface area contributed by atoms with E-state index in [0.717, 1.165) is 12.1 Å². The van der Waals surface area contributed by atoms with E-state index in [4.69, 9.17) is 4.74 Å². The molecule has 2 aromatic rings. The van der Waals surface area contributed by atoms with E-state index in [9.17, 15) is 40.2 Å². The molecule has 0 amide bonds. The smallest absolute Gasteiger partial charge is 0.348 e. The van der Waals surface area contributed by atoms with Crippen LogP contribution in [0.4, 0.5) is 17.1 Å². The van der Waals surface area contributed by atoms with Gasteiger partial charge in [0.25, 0.3) is 5.69 Å². The van der Waals surface area contributed by atoms with E-state index in [1.54, 1.807) is 0 Å². The first kappa shape index (κ1) is 17.3. The van der Waals surface area contributed by atoms with Gasteiger partial charge in [-0.3, -0.25) is 30.3 Å². The number of non-ortho nitro benzene ring substituents is 1. The number of rotatable bonds is 5. The molecule has 0 saturated heterocycles. The van der Waals surface area contributed by atoms with Crippen LogP contribution in [0.25, 0.3) is 0 Å². The van der Waals surface area contributed by atoms with Crippen molar-refractivity contribution in [2.75, 3.05) is 0 Å². The Kier molecular flexibility index (Phi) is 4.54. The highest BCUT2D eigenvalue weighted by Crippen LogP contribution is 2.35. The van der Waals surface area contributed by atoms with Gasteiger partial charge in [-0.05, 0) is 6.07 Å². The molecule has 0 aliphatic heterocycles. The number of ether oxygens (including phenoxy) is 1. The zero-order valence-corrected chi connectivity index (χ0v) is 12.0. The molecule has 0 bridgehead atoms. The van der Waals surface area contributed by atoms with Crippen molar-refractivity contribution in [2.24, 2.45) is 0 Å². The lowest BCUT2D eigenvalue weighted by Gasteiger charge is -2.06. The fraction of sp³-hybridized carbons (Fsp3) is 0. The maximum atomic E-state index is 12.1. The van der Waals surface area contributed by atoms with Crippen molar-refractivity contribution in [3.8, 4) is 11.5 Å². The summed E-state index contributed by atoms with van der Waals surface area (Å²) in [5, 5.41) is 42.4. The molecule has 0 saturated carbocycles. The Morgan fingerprint density at radius 1 is 0.920 bits per heavy atom. The minimum Gasteiger partial charge on any atom is -0.501 e. The molecule has 0 aliphatic rings. The highest BCUT2D eigenvalue weighted by atomic mass is 16.6.